The first-order valence-electron chi connectivity index (χ1n) is 9.71. The van der Waals surface area contributed by atoms with Crippen molar-refractivity contribution in [2.24, 2.45) is 0 Å². The molecule has 1 aromatic heterocycles. The Balaban J connectivity index is 1.54. The molecule has 1 saturated heterocycles. The summed E-state index contributed by atoms with van der Waals surface area (Å²) in [7, 11) is 1.77. The van der Waals surface area contributed by atoms with Gasteiger partial charge in [0.1, 0.15) is 11.1 Å². The van der Waals surface area contributed by atoms with Crippen molar-refractivity contribution in [3.63, 3.8) is 0 Å². The topological polar surface area (TPSA) is 70.8 Å². The number of carbonyl (C=O) groups is 2. The molecule has 0 N–H and O–H groups in total. The molecular formula is C23H20N2O4. The lowest BCUT2D eigenvalue weighted by molar-refractivity contribution is -0.124. The minimum atomic E-state index is -0.754. The molecule has 2 aliphatic rings. The molecule has 0 bridgehead atoms. The minimum absolute atomic E-state index is 0.00162. The molecule has 0 saturated carbocycles. The predicted molar refractivity (Wildman–Crippen MR) is 109 cm³/mol. The van der Waals surface area contributed by atoms with Crippen LogP contribution in [-0.2, 0) is 10.2 Å². The molecule has 0 aliphatic carbocycles. The van der Waals surface area contributed by atoms with Crippen LogP contribution in [0.25, 0.3) is 11.0 Å². The molecule has 1 unspecified atom stereocenters. The molecule has 2 aromatic carbocycles. The SMILES string of the molecule is CN1C(=O)C2(CCCN(C(=O)c3cc4ccccc4oc3=O)C2)c2ccccc21. The molecule has 1 spiro atoms. The molecule has 2 aliphatic heterocycles. The van der Waals surface area contributed by atoms with Gasteiger partial charge in [0.25, 0.3) is 5.91 Å². The van der Waals surface area contributed by atoms with E-state index >= 15 is 0 Å². The first kappa shape index (κ1) is 17.7. The van der Waals surface area contributed by atoms with Crippen LogP contribution in [-0.4, -0.2) is 36.9 Å². The number of amides is 2. The van der Waals surface area contributed by atoms with E-state index in [2.05, 4.69) is 0 Å². The average Bonchev–Trinajstić information content (AvgIpc) is 2.95. The number of benzene rings is 2. The molecule has 0 radical (unpaired) electrons. The van der Waals surface area contributed by atoms with Crippen molar-refractivity contribution in [2.45, 2.75) is 18.3 Å². The van der Waals surface area contributed by atoms with Crippen LogP contribution in [0.3, 0.4) is 0 Å². The van der Waals surface area contributed by atoms with Crippen LogP contribution in [0, 0.1) is 0 Å². The fraction of sp³-hybridized carbons (Fsp3) is 0.261. The van der Waals surface area contributed by atoms with Crippen LogP contribution in [0.1, 0.15) is 28.8 Å². The molecule has 1 atom stereocenters. The highest BCUT2D eigenvalue weighted by atomic mass is 16.4. The number of nitrogens with zero attached hydrogens (tertiary/aromatic N) is 2. The second-order valence-electron chi connectivity index (χ2n) is 7.78. The summed E-state index contributed by atoms with van der Waals surface area (Å²) in [6.45, 7) is 0.768. The number of carbonyl (C=O) groups excluding carboxylic acids is 2. The molecule has 1 fully saturated rings. The number of rotatable bonds is 1. The van der Waals surface area contributed by atoms with Crippen molar-refractivity contribution >= 4 is 28.5 Å². The van der Waals surface area contributed by atoms with Crippen LogP contribution in [0.2, 0.25) is 0 Å². The third kappa shape index (κ3) is 2.52. The largest absolute Gasteiger partial charge is 0.422 e. The van der Waals surface area contributed by atoms with Crippen LogP contribution >= 0.6 is 0 Å². The van der Waals surface area contributed by atoms with Crippen LogP contribution in [0.4, 0.5) is 5.69 Å². The average molecular weight is 388 g/mol. The maximum atomic E-state index is 13.2. The van der Waals surface area contributed by atoms with E-state index in [0.717, 1.165) is 11.3 Å². The Labute approximate surface area is 167 Å². The number of piperidine rings is 1. The molecule has 29 heavy (non-hydrogen) atoms. The highest BCUT2D eigenvalue weighted by molar-refractivity contribution is 6.08. The Morgan fingerprint density at radius 2 is 1.83 bits per heavy atom. The van der Waals surface area contributed by atoms with Gasteiger partial charge in [0.15, 0.2) is 0 Å². The first-order valence-corrected chi connectivity index (χ1v) is 9.71. The zero-order valence-electron chi connectivity index (χ0n) is 16.1. The van der Waals surface area contributed by atoms with Gasteiger partial charge in [0.2, 0.25) is 5.91 Å². The van der Waals surface area contributed by atoms with Crippen molar-refractivity contribution in [3.05, 3.63) is 76.1 Å². The quantitative estimate of drug-likeness (QED) is 0.601. The van der Waals surface area contributed by atoms with E-state index in [0.29, 0.717) is 30.4 Å². The number of hydrogen-bond acceptors (Lipinski definition) is 4. The van der Waals surface area contributed by atoms with Crippen LogP contribution in [0.5, 0.6) is 0 Å². The zero-order valence-corrected chi connectivity index (χ0v) is 16.1. The molecule has 2 amide bonds. The minimum Gasteiger partial charge on any atom is -0.422 e. The zero-order chi connectivity index (χ0) is 20.2. The van der Waals surface area contributed by atoms with E-state index in [1.807, 2.05) is 30.3 Å². The standard InChI is InChI=1S/C23H20N2O4/c1-24-18-9-4-3-8-17(18)23(22(24)28)11-6-12-25(14-23)20(26)16-13-15-7-2-5-10-19(15)29-21(16)27/h2-5,7-10,13H,6,11-12,14H2,1H3. The molecule has 5 rings (SSSR count). The summed E-state index contributed by atoms with van der Waals surface area (Å²) in [6, 6.07) is 16.4. The number of para-hydroxylation sites is 2. The summed E-state index contributed by atoms with van der Waals surface area (Å²) in [4.78, 5) is 42.2. The van der Waals surface area contributed by atoms with E-state index < -0.39 is 11.0 Å². The van der Waals surface area contributed by atoms with E-state index in [4.69, 9.17) is 4.42 Å². The summed E-state index contributed by atoms with van der Waals surface area (Å²) in [6.07, 6.45) is 1.38. The van der Waals surface area contributed by atoms with Gasteiger partial charge in [-0.25, -0.2) is 4.79 Å². The van der Waals surface area contributed by atoms with E-state index in [1.165, 1.54) is 0 Å². The number of fused-ring (bicyclic) bond motifs is 3. The normalized spacial score (nSPS) is 21.1. The fourth-order valence-corrected chi connectivity index (χ4v) is 4.72. The van der Waals surface area contributed by atoms with Crippen molar-refractivity contribution in [1.29, 1.82) is 0 Å². The monoisotopic (exact) mass is 388 g/mol. The van der Waals surface area contributed by atoms with Gasteiger partial charge in [0, 0.05) is 31.2 Å². The van der Waals surface area contributed by atoms with Crippen molar-refractivity contribution in [2.75, 3.05) is 25.0 Å². The Bertz CT molecular complexity index is 1210. The molecule has 3 heterocycles. The number of hydrogen-bond donors (Lipinski definition) is 0. The van der Waals surface area contributed by atoms with Gasteiger partial charge in [-0.3, -0.25) is 9.59 Å². The van der Waals surface area contributed by atoms with Gasteiger partial charge in [-0.2, -0.15) is 0 Å². The predicted octanol–water partition coefficient (Wildman–Crippen LogP) is 2.94. The molecule has 146 valence electrons. The third-order valence-corrected chi connectivity index (χ3v) is 6.15. The van der Waals surface area contributed by atoms with Crippen molar-refractivity contribution in [1.82, 2.24) is 4.90 Å². The number of likely N-dealkylation sites (N-methyl/N-ethyl adjacent to an activating group) is 1. The van der Waals surface area contributed by atoms with Gasteiger partial charge in [-0.15, -0.1) is 0 Å². The van der Waals surface area contributed by atoms with Gasteiger partial charge < -0.3 is 14.2 Å². The van der Waals surface area contributed by atoms with E-state index in [9.17, 15) is 14.4 Å². The van der Waals surface area contributed by atoms with Crippen molar-refractivity contribution in [3.8, 4) is 0 Å². The molecular weight excluding hydrogens is 368 g/mol. The lowest BCUT2D eigenvalue weighted by atomic mass is 9.75. The summed E-state index contributed by atoms with van der Waals surface area (Å²) in [5.74, 6) is -0.384. The lowest BCUT2D eigenvalue weighted by Gasteiger charge is -2.39. The van der Waals surface area contributed by atoms with Crippen LogP contribution in [0.15, 0.2) is 63.8 Å². The lowest BCUT2D eigenvalue weighted by Crippen LogP contribution is -2.53. The number of likely N-dealkylation sites (tertiary alicyclic amines) is 1. The third-order valence-electron chi connectivity index (χ3n) is 6.15. The first-order chi connectivity index (χ1) is 14.0. The Hall–Kier alpha value is -3.41. The smallest absolute Gasteiger partial charge is 0.349 e. The summed E-state index contributed by atoms with van der Waals surface area (Å²) < 4.78 is 5.34. The van der Waals surface area contributed by atoms with Crippen LogP contribution < -0.4 is 10.5 Å². The Morgan fingerprint density at radius 1 is 1.07 bits per heavy atom. The van der Waals surface area contributed by atoms with Gasteiger partial charge in [0.05, 0.1) is 5.41 Å². The Morgan fingerprint density at radius 3 is 2.69 bits per heavy atom. The highest BCUT2D eigenvalue weighted by Gasteiger charge is 2.52. The maximum absolute atomic E-state index is 13.2. The van der Waals surface area contributed by atoms with Crippen molar-refractivity contribution < 1.29 is 14.0 Å². The summed E-state index contributed by atoms with van der Waals surface area (Å²) in [5, 5.41) is 0.698. The molecule has 3 aromatic rings. The van der Waals surface area contributed by atoms with Gasteiger partial charge >= 0.3 is 5.63 Å². The second kappa shape index (κ2) is 6.30. The summed E-state index contributed by atoms with van der Waals surface area (Å²) >= 11 is 0. The van der Waals surface area contributed by atoms with E-state index in [1.54, 1.807) is 41.1 Å². The maximum Gasteiger partial charge on any atom is 0.349 e. The molecule has 6 heteroatoms. The Kier molecular flexibility index (Phi) is 3.84. The number of anilines is 1. The fourth-order valence-electron chi connectivity index (χ4n) is 4.72. The van der Waals surface area contributed by atoms with Gasteiger partial charge in [-0.1, -0.05) is 36.4 Å². The molecule has 6 nitrogen and oxygen atoms in total. The highest BCUT2D eigenvalue weighted by Crippen LogP contribution is 2.46. The summed E-state index contributed by atoms with van der Waals surface area (Å²) in [5.41, 5.74) is 0.894. The van der Waals surface area contributed by atoms with E-state index in [-0.39, 0.29) is 23.9 Å². The second-order valence-corrected chi connectivity index (χ2v) is 7.78. The van der Waals surface area contributed by atoms with Gasteiger partial charge in [-0.05, 0) is 36.6 Å².